The molecule has 9 heteroatoms. The van der Waals surface area contributed by atoms with Gasteiger partial charge in [0.05, 0.1) is 18.5 Å². The molecule has 2 aromatic carbocycles. The number of nitrogens with zero attached hydrogens (tertiary/aromatic N) is 2. The minimum Gasteiger partial charge on any atom is -0.476 e. The molecule has 2 heterocycles. The van der Waals surface area contributed by atoms with E-state index in [0.717, 1.165) is 16.0 Å². The summed E-state index contributed by atoms with van der Waals surface area (Å²) in [6.45, 7) is 1.51. The highest BCUT2D eigenvalue weighted by atomic mass is 32.1. The molecule has 152 valence electrons. The molecular weight excluding hydrogens is 411 g/mol. The topological polar surface area (TPSA) is 98.5 Å². The fourth-order valence-corrected chi connectivity index (χ4v) is 4.45. The van der Waals surface area contributed by atoms with Crippen LogP contribution in [-0.2, 0) is 11.3 Å². The Kier molecular flexibility index (Phi) is 5.04. The second kappa shape index (κ2) is 7.68. The summed E-state index contributed by atoms with van der Waals surface area (Å²) < 4.78 is 21.2. The Labute approximate surface area is 172 Å². The summed E-state index contributed by atoms with van der Waals surface area (Å²) in [5.74, 6) is -2.49. The first-order valence-corrected chi connectivity index (χ1v) is 9.84. The number of ether oxygens (including phenoxy) is 1. The molecule has 0 bridgehead atoms. The molecule has 0 amide bonds. The lowest BCUT2D eigenvalue weighted by molar-refractivity contribution is 0.0530. The Balaban J connectivity index is 1.97. The van der Waals surface area contributed by atoms with E-state index in [9.17, 15) is 23.9 Å². The molecule has 1 N–H and O–H groups in total. The molecule has 0 aliphatic rings. The van der Waals surface area contributed by atoms with Gasteiger partial charge in [-0.1, -0.05) is 24.3 Å². The monoisotopic (exact) mass is 426 g/mol. The van der Waals surface area contributed by atoms with Gasteiger partial charge in [-0.15, -0.1) is 11.3 Å². The number of aromatic nitrogens is 2. The maximum absolute atomic E-state index is 14.6. The van der Waals surface area contributed by atoms with E-state index in [4.69, 9.17) is 4.74 Å². The lowest BCUT2D eigenvalue weighted by Gasteiger charge is -2.10. The van der Waals surface area contributed by atoms with Gasteiger partial charge in [0.2, 0.25) is 0 Å². The number of thiophene rings is 1. The number of carboxylic acid groups (broad SMARTS) is 1. The van der Waals surface area contributed by atoms with Gasteiger partial charge in [0.1, 0.15) is 10.7 Å². The Morgan fingerprint density at radius 3 is 2.60 bits per heavy atom. The number of carboxylic acids is 1. The second-order valence-corrected chi connectivity index (χ2v) is 7.46. The first-order valence-electron chi connectivity index (χ1n) is 9.02. The zero-order valence-electron chi connectivity index (χ0n) is 15.7. The molecule has 0 aliphatic heterocycles. The van der Waals surface area contributed by atoms with Gasteiger partial charge in [-0.25, -0.2) is 18.7 Å². The maximum atomic E-state index is 14.6. The number of halogens is 1. The summed E-state index contributed by atoms with van der Waals surface area (Å²) in [5, 5.41) is 14.1. The van der Waals surface area contributed by atoms with Gasteiger partial charge in [-0.05, 0) is 25.1 Å². The Morgan fingerprint density at radius 2 is 1.90 bits per heavy atom. The van der Waals surface area contributed by atoms with Crippen molar-refractivity contribution in [3.63, 3.8) is 0 Å². The molecule has 7 nitrogen and oxygen atoms in total. The van der Waals surface area contributed by atoms with Crippen LogP contribution in [0.25, 0.3) is 20.9 Å². The molecule has 0 atom stereocenters. The average molecular weight is 426 g/mol. The van der Waals surface area contributed by atoms with Crippen molar-refractivity contribution < 1.29 is 23.8 Å². The van der Waals surface area contributed by atoms with Gasteiger partial charge in [-0.3, -0.25) is 4.79 Å². The molecule has 4 aromatic rings. The van der Waals surface area contributed by atoms with Gasteiger partial charge < -0.3 is 9.84 Å². The molecular formula is C21H15FN2O5S. The number of carbonyl (C=O) groups excluding carboxylic acids is 1. The summed E-state index contributed by atoms with van der Waals surface area (Å²) in [6.07, 6.45) is 0. The highest BCUT2D eigenvalue weighted by molar-refractivity contribution is 7.21. The number of esters is 1. The van der Waals surface area contributed by atoms with E-state index in [-0.39, 0.29) is 45.4 Å². The average Bonchev–Trinajstić information content (AvgIpc) is 3.10. The van der Waals surface area contributed by atoms with Gasteiger partial charge in [0, 0.05) is 21.0 Å². The van der Waals surface area contributed by atoms with Crippen LogP contribution in [0.4, 0.5) is 4.39 Å². The minimum atomic E-state index is -1.30. The number of benzene rings is 2. The second-order valence-electron chi connectivity index (χ2n) is 6.41. The van der Waals surface area contributed by atoms with Crippen molar-refractivity contribution in [3.05, 3.63) is 74.8 Å². The van der Waals surface area contributed by atoms with Crippen LogP contribution in [-0.4, -0.2) is 33.4 Å². The molecule has 30 heavy (non-hydrogen) atoms. The number of rotatable bonds is 5. The standard InChI is InChI=1S/C21H15FN2O5S/c1-2-29-21(28)18-13(16-14(22)8-5-9-15(16)30-18)10-24-19(25)12-7-4-3-6-11(12)17(23-24)20(26)27/h3-9H,2,10H2,1H3,(H,26,27). The highest BCUT2D eigenvalue weighted by Gasteiger charge is 2.24. The lowest BCUT2D eigenvalue weighted by atomic mass is 10.1. The third-order valence-corrected chi connectivity index (χ3v) is 5.78. The van der Waals surface area contributed by atoms with Crippen LogP contribution in [0.1, 0.15) is 32.6 Å². The minimum absolute atomic E-state index is 0.131. The van der Waals surface area contributed by atoms with Crippen LogP contribution < -0.4 is 5.56 Å². The predicted molar refractivity (Wildman–Crippen MR) is 110 cm³/mol. The van der Waals surface area contributed by atoms with Crippen molar-refractivity contribution in [3.8, 4) is 0 Å². The van der Waals surface area contributed by atoms with E-state index in [2.05, 4.69) is 5.10 Å². The molecule has 0 aliphatic carbocycles. The summed E-state index contributed by atoms with van der Waals surface area (Å²) >= 11 is 1.05. The van der Waals surface area contributed by atoms with Crippen molar-refractivity contribution in [1.29, 1.82) is 0 Å². The van der Waals surface area contributed by atoms with E-state index >= 15 is 0 Å². The Morgan fingerprint density at radius 1 is 1.17 bits per heavy atom. The summed E-state index contributed by atoms with van der Waals surface area (Å²) in [7, 11) is 0. The molecule has 0 spiro atoms. The molecule has 0 fully saturated rings. The van der Waals surface area contributed by atoms with Crippen LogP contribution in [0.3, 0.4) is 0 Å². The van der Waals surface area contributed by atoms with E-state index < -0.39 is 23.3 Å². The predicted octanol–water partition coefficient (Wildman–Crippen LogP) is 3.67. The summed E-state index contributed by atoms with van der Waals surface area (Å²) in [4.78, 5) is 37.3. The quantitative estimate of drug-likeness (QED) is 0.489. The zero-order valence-corrected chi connectivity index (χ0v) is 16.5. The van der Waals surface area contributed by atoms with Crippen molar-refractivity contribution in [2.75, 3.05) is 6.61 Å². The molecule has 0 unspecified atom stereocenters. The molecule has 2 aromatic heterocycles. The Bertz CT molecular complexity index is 1380. The van der Waals surface area contributed by atoms with Gasteiger partial charge in [0.15, 0.2) is 5.69 Å². The van der Waals surface area contributed by atoms with Crippen molar-refractivity contribution >= 4 is 44.1 Å². The highest BCUT2D eigenvalue weighted by Crippen LogP contribution is 2.34. The fraction of sp³-hybridized carbons (Fsp3) is 0.143. The summed E-state index contributed by atoms with van der Waals surface area (Å²) in [6, 6.07) is 10.7. The third-order valence-electron chi connectivity index (χ3n) is 4.60. The number of aromatic carboxylic acids is 1. The van der Waals surface area contributed by atoms with Crippen LogP contribution >= 0.6 is 11.3 Å². The van der Waals surface area contributed by atoms with Crippen LogP contribution in [0, 0.1) is 5.82 Å². The molecule has 4 rings (SSSR count). The molecule has 0 saturated heterocycles. The van der Waals surface area contributed by atoms with E-state index in [1.54, 1.807) is 25.1 Å². The number of hydrogen-bond acceptors (Lipinski definition) is 6. The smallest absolute Gasteiger partial charge is 0.357 e. The normalized spacial score (nSPS) is 11.1. The van der Waals surface area contributed by atoms with Crippen LogP contribution in [0.2, 0.25) is 0 Å². The number of fused-ring (bicyclic) bond motifs is 2. The third kappa shape index (κ3) is 3.22. The fourth-order valence-electron chi connectivity index (χ4n) is 3.33. The van der Waals surface area contributed by atoms with E-state index in [1.165, 1.54) is 24.3 Å². The van der Waals surface area contributed by atoms with Gasteiger partial charge >= 0.3 is 11.9 Å². The SMILES string of the molecule is CCOC(=O)c1sc2cccc(F)c2c1Cn1nc(C(=O)O)c2ccccc2c1=O. The van der Waals surface area contributed by atoms with Crippen LogP contribution in [0.5, 0.6) is 0 Å². The largest absolute Gasteiger partial charge is 0.476 e. The van der Waals surface area contributed by atoms with Gasteiger partial charge in [-0.2, -0.15) is 5.10 Å². The molecule has 0 saturated carbocycles. The van der Waals surface area contributed by atoms with E-state index in [0.29, 0.717) is 4.70 Å². The number of carbonyl (C=O) groups is 2. The van der Waals surface area contributed by atoms with Crippen molar-refractivity contribution in [2.45, 2.75) is 13.5 Å². The first kappa shape index (κ1) is 19.7. The number of hydrogen-bond donors (Lipinski definition) is 1. The summed E-state index contributed by atoms with van der Waals surface area (Å²) in [5.41, 5.74) is -0.614. The van der Waals surface area contributed by atoms with Crippen molar-refractivity contribution in [1.82, 2.24) is 9.78 Å². The molecule has 0 radical (unpaired) electrons. The van der Waals surface area contributed by atoms with Gasteiger partial charge in [0.25, 0.3) is 5.56 Å². The zero-order chi connectivity index (χ0) is 21.4. The first-order chi connectivity index (χ1) is 14.4. The van der Waals surface area contributed by atoms with E-state index in [1.807, 2.05) is 0 Å². The maximum Gasteiger partial charge on any atom is 0.357 e. The van der Waals surface area contributed by atoms with Crippen molar-refractivity contribution in [2.24, 2.45) is 0 Å². The lowest BCUT2D eigenvalue weighted by Crippen LogP contribution is -2.27. The Hall–Kier alpha value is -3.59. The van der Waals surface area contributed by atoms with Crippen LogP contribution in [0.15, 0.2) is 47.3 Å².